The lowest BCUT2D eigenvalue weighted by Crippen LogP contribution is -2.32. The van der Waals surface area contributed by atoms with E-state index in [9.17, 15) is 14.5 Å². The third-order valence-electron chi connectivity index (χ3n) is 6.02. The first-order valence-electron chi connectivity index (χ1n) is 11.0. The van der Waals surface area contributed by atoms with Gasteiger partial charge in [0, 0.05) is 34.5 Å². The van der Waals surface area contributed by atoms with Crippen LogP contribution in [0.5, 0.6) is 11.5 Å². The summed E-state index contributed by atoms with van der Waals surface area (Å²) in [7, 11) is 1.51. The number of methoxy groups -OCH3 is 1. The van der Waals surface area contributed by atoms with Crippen LogP contribution in [-0.2, 0) is 6.61 Å². The number of ether oxygens (including phenoxy) is 2. The predicted octanol–water partition coefficient (Wildman–Crippen LogP) is 6.90. The third-order valence-corrected chi connectivity index (χ3v) is 6.02. The lowest BCUT2D eigenvalue weighted by molar-refractivity contribution is -0.385. The highest BCUT2D eigenvalue weighted by Gasteiger charge is 2.27. The van der Waals surface area contributed by atoms with Crippen LogP contribution in [0.3, 0.4) is 0 Å². The predicted molar refractivity (Wildman–Crippen MR) is 132 cm³/mol. The summed E-state index contributed by atoms with van der Waals surface area (Å²) in [6.07, 6.45) is 2.16. The minimum Gasteiger partial charge on any atom is -0.496 e. The zero-order chi connectivity index (χ0) is 24.6. The molecule has 4 rings (SSSR count). The molecule has 0 atom stereocenters. The molecular weight excluding hydrogens is 435 g/mol. The number of halogens is 1. The van der Waals surface area contributed by atoms with Crippen LogP contribution in [-0.4, -0.2) is 17.6 Å². The van der Waals surface area contributed by atoms with E-state index < -0.39 is 4.92 Å². The Bertz CT molecular complexity index is 1310. The summed E-state index contributed by atoms with van der Waals surface area (Å²) in [5.74, 6) is 0.469. The Labute approximate surface area is 198 Å². The van der Waals surface area contributed by atoms with Crippen LogP contribution >= 0.6 is 0 Å². The van der Waals surface area contributed by atoms with Gasteiger partial charge in [0.15, 0.2) is 0 Å². The van der Waals surface area contributed by atoms with Crippen LogP contribution in [0.1, 0.15) is 37.5 Å². The van der Waals surface area contributed by atoms with Crippen LogP contribution in [0.15, 0.2) is 54.6 Å². The van der Waals surface area contributed by atoms with Crippen molar-refractivity contribution in [3.8, 4) is 22.6 Å². The monoisotopic (exact) mass is 462 g/mol. The highest BCUT2D eigenvalue weighted by molar-refractivity contribution is 5.88. The first-order chi connectivity index (χ1) is 16.1. The highest BCUT2D eigenvalue weighted by Crippen LogP contribution is 2.43. The molecule has 0 aromatic heterocycles. The van der Waals surface area contributed by atoms with Crippen molar-refractivity contribution in [2.24, 2.45) is 0 Å². The zero-order valence-corrected chi connectivity index (χ0v) is 19.9. The van der Waals surface area contributed by atoms with E-state index in [0.717, 1.165) is 33.5 Å². The number of allylic oxidation sites excluding steroid dienone is 1. The summed E-state index contributed by atoms with van der Waals surface area (Å²) in [6, 6.07) is 13.2. The second-order valence-electron chi connectivity index (χ2n) is 8.98. The summed E-state index contributed by atoms with van der Waals surface area (Å²) in [6.45, 7) is 8.08. The molecule has 6 nitrogen and oxygen atoms in total. The Morgan fingerprint density at radius 1 is 1.06 bits per heavy atom. The van der Waals surface area contributed by atoms with E-state index in [1.807, 2.05) is 12.1 Å². The molecular formula is C27H27FN2O4. The van der Waals surface area contributed by atoms with Crippen molar-refractivity contribution in [2.75, 3.05) is 12.4 Å². The molecule has 34 heavy (non-hydrogen) atoms. The van der Waals surface area contributed by atoms with Gasteiger partial charge in [0.1, 0.15) is 23.9 Å². The highest BCUT2D eigenvalue weighted by atomic mass is 19.1. The van der Waals surface area contributed by atoms with Gasteiger partial charge < -0.3 is 14.8 Å². The summed E-state index contributed by atoms with van der Waals surface area (Å²) in [5, 5.41) is 14.9. The molecule has 1 N–H and O–H groups in total. The van der Waals surface area contributed by atoms with Gasteiger partial charge in [-0.1, -0.05) is 18.2 Å². The van der Waals surface area contributed by atoms with Gasteiger partial charge >= 0.3 is 0 Å². The van der Waals surface area contributed by atoms with Crippen LogP contribution < -0.4 is 14.8 Å². The minimum absolute atomic E-state index is 0.00695. The number of rotatable bonds is 6. The Morgan fingerprint density at radius 2 is 1.79 bits per heavy atom. The lowest BCUT2D eigenvalue weighted by atomic mass is 9.85. The van der Waals surface area contributed by atoms with Crippen molar-refractivity contribution in [3.05, 3.63) is 87.2 Å². The van der Waals surface area contributed by atoms with Crippen molar-refractivity contribution in [1.29, 1.82) is 0 Å². The second-order valence-corrected chi connectivity index (χ2v) is 8.98. The van der Waals surface area contributed by atoms with Gasteiger partial charge in [-0.3, -0.25) is 10.1 Å². The first-order valence-corrected chi connectivity index (χ1v) is 11.0. The summed E-state index contributed by atoms with van der Waals surface area (Å²) in [5.41, 5.74) is 5.74. The zero-order valence-electron chi connectivity index (χ0n) is 19.9. The minimum atomic E-state index is -0.416. The van der Waals surface area contributed by atoms with Gasteiger partial charge in [-0.2, -0.15) is 0 Å². The molecule has 3 aromatic carbocycles. The van der Waals surface area contributed by atoms with E-state index in [0.29, 0.717) is 17.1 Å². The maximum atomic E-state index is 13.9. The molecule has 176 valence electrons. The van der Waals surface area contributed by atoms with E-state index in [1.54, 1.807) is 25.1 Å². The smallest absolute Gasteiger partial charge is 0.276 e. The number of hydrogen-bond donors (Lipinski definition) is 1. The van der Waals surface area contributed by atoms with Gasteiger partial charge in [0.25, 0.3) is 5.69 Å². The van der Waals surface area contributed by atoms with Crippen LogP contribution in [0.2, 0.25) is 0 Å². The molecule has 0 aliphatic carbocycles. The van der Waals surface area contributed by atoms with Gasteiger partial charge in [-0.05, 0) is 63.1 Å². The van der Waals surface area contributed by atoms with Gasteiger partial charge in [0.2, 0.25) is 0 Å². The molecule has 3 aromatic rings. The fraction of sp³-hybridized carbons (Fsp3) is 0.259. The maximum Gasteiger partial charge on any atom is 0.276 e. The van der Waals surface area contributed by atoms with Gasteiger partial charge in [-0.15, -0.1) is 0 Å². The molecule has 0 saturated heterocycles. The normalized spacial score (nSPS) is 14.0. The quantitative estimate of drug-likeness (QED) is 0.318. The standard InChI is InChI=1S/C27H27FN2O4/c1-16-14-27(3,4)29-22-12-11-19(20-10-9-18(28)13-25(20)33-5)21(26(16)22)15-34-24-8-6-7-23(17(24)2)30(31)32/h6-14,29H,15H2,1-5H3. The Morgan fingerprint density at radius 3 is 2.50 bits per heavy atom. The van der Waals surface area contributed by atoms with Crippen molar-refractivity contribution < 1.29 is 18.8 Å². The second kappa shape index (κ2) is 8.82. The molecule has 0 radical (unpaired) electrons. The molecule has 0 spiro atoms. The summed E-state index contributed by atoms with van der Waals surface area (Å²) >= 11 is 0. The van der Waals surface area contributed by atoms with E-state index >= 15 is 0 Å². The van der Waals surface area contributed by atoms with Crippen LogP contribution in [0.4, 0.5) is 15.8 Å². The van der Waals surface area contributed by atoms with Crippen LogP contribution in [0, 0.1) is 22.9 Å². The Kier molecular flexibility index (Phi) is 6.04. The van der Waals surface area contributed by atoms with E-state index in [-0.39, 0.29) is 23.7 Å². The Hall–Kier alpha value is -3.87. The van der Waals surface area contributed by atoms with E-state index in [4.69, 9.17) is 9.47 Å². The number of anilines is 1. The van der Waals surface area contributed by atoms with Crippen molar-refractivity contribution in [2.45, 2.75) is 39.8 Å². The number of nitrogens with one attached hydrogen (secondary N) is 1. The number of nitro benzene ring substituents is 1. The molecule has 0 bridgehead atoms. The molecule has 1 heterocycles. The average molecular weight is 463 g/mol. The van der Waals surface area contributed by atoms with Crippen molar-refractivity contribution >= 4 is 16.9 Å². The first kappa shape index (κ1) is 23.3. The molecule has 0 fully saturated rings. The molecule has 0 saturated carbocycles. The molecule has 0 amide bonds. The fourth-order valence-electron chi connectivity index (χ4n) is 4.60. The number of hydrogen-bond acceptors (Lipinski definition) is 5. The topological polar surface area (TPSA) is 73.6 Å². The summed E-state index contributed by atoms with van der Waals surface area (Å²) in [4.78, 5) is 11.0. The molecule has 1 aliphatic heterocycles. The number of nitro groups is 1. The van der Waals surface area contributed by atoms with Crippen molar-refractivity contribution in [1.82, 2.24) is 0 Å². The molecule has 1 aliphatic rings. The number of benzene rings is 3. The third kappa shape index (κ3) is 4.33. The molecule has 7 heteroatoms. The SMILES string of the molecule is COc1cc(F)ccc1-c1ccc2c(c1COc1cccc([N+](=O)[O-])c1C)C(C)=CC(C)(C)N2. The largest absolute Gasteiger partial charge is 0.496 e. The van der Waals surface area contributed by atoms with E-state index in [2.05, 4.69) is 32.2 Å². The van der Waals surface area contributed by atoms with E-state index in [1.165, 1.54) is 25.3 Å². The average Bonchev–Trinajstić information content (AvgIpc) is 2.77. The van der Waals surface area contributed by atoms with Gasteiger partial charge in [0.05, 0.1) is 23.1 Å². The summed E-state index contributed by atoms with van der Waals surface area (Å²) < 4.78 is 25.6. The van der Waals surface area contributed by atoms with Crippen LogP contribution in [0.25, 0.3) is 16.7 Å². The number of fused-ring (bicyclic) bond motifs is 1. The Balaban J connectivity index is 1.87. The fourth-order valence-corrected chi connectivity index (χ4v) is 4.60. The maximum absolute atomic E-state index is 13.9. The number of nitrogens with zero attached hydrogens (tertiary/aromatic N) is 1. The van der Waals surface area contributed by atoms with Crippen molar-refractivity contribution in [3.63, 3.8) is 0 Å². The van der Waals surface area contributed by atoms with Gasteiger partial charge in [-0.25, -0.2) is 4.39 Å². The lowest BCUT2D eigenvalue weighted by Gasteiger charge is -2.33. The molecule has 0 unspecified atom stereocenters.